The van der Waals surface area contributed by atoms with Gasteiger partial charge >= 0.3 is 0 Å². The van der Waals surface area contributed by atoms with E-state index in [0.717, 1.165) is 32.0 Å². The van der Waals surface area contributed by atoms with Crippen LogP contribution < -0.4 is 10.2 Å². The molecular weight excluding hydrogens is 260 g/mol. The fourth-order valence-corrected chi connectivity index (χ4v) is 3.77. The standard InChI is InChI=1S/C17H26N4/c1-2-4-14(5-3-1)17-19-12-15(16(20-17)13-6-7-13)21-10-8-18-9-11-21/h12-14,18H,1-11H2. The van der Waals surface area contributed by atoms with Crippen LogP contribution in [0.4, 0.5) is 5.69 Å². The van der Waals surface area contributed by atoms with Gasteiger partial charge in [-0.15, -0.1) is 0 Å². The summed E-state index contributed by atoms with van der Waals surface area (Å²) in [6.45, 7) is 4.33. The van der Waals surface area contributed by atoms with E-state index in [1.165, 1.54) is 56.3 Å². The highest BCUT2D eigenvalue weighted by Gasteiger charge is 2.31. The van der Waals surface area contributed by atoms with Crippen molar-refractivity contribution in [1.29, 1.82) is 0 Å². The van der Waals surface area contributed by atoms with Crippen molar-refractivity contribution in [2.24, 2.45) is 0 Å². The molecule has 4 nitrogen and oxygen atoms in total. The monoisotopic (exact) mass is 286 g/mol. The quantitative estimate of drug-likeness (QED) is 0.927. The van der Waals surface area contributed by atoms with Gasteiger partial charge in [0.25, 0.3) is 0 Å². The van der Waals surface area contributed by atoms with E-state index in [1.54, 1.807) is 0 Å². The first kappa shape index (κ1) is 13.5. The molecule has 1 aromatic rings. The molecular formula is C17H26N4. The minimum Gasteiger partial charge on any atom is -0.366 e. The third-order valence-corrected chi connectivity index (χ3v) is 5.21. The number of nitrogens with zero attached hydrogens (tertiary/aromatic N) is 3. The Kier molecular flexibility index (Phi) is 3.80. The number of aromatic nitrogens is 2. The maximum absolute atomic E-state index is 5.06. The van der Waals surface area contributed by atoms with E-state index in [4.69, 9.17) is 9.97 Å². The number of hydrogen-bond donors (Lipinski definition) is 1. The SMILES string of the molecule is c1nc(C2CCCCC2)nc(C2CC2)c1N1CCNCC1. The van der Waals surface area contributed by atoms with Crippen molar-refractivity contribution >= 4 is 5.69 Å². The summed E-state index contributed by atoms with van der Waals surface area (Å²) in [6.07, 6.45) is 11.5. The third kappa shape index (κ3) is 2.91. The number of nitrogens with one attached hydrogen (secondary N) is 1. The van der Waals surface area contributed by atoms with E-state index in [9.17, 15) is 0 Å². The first-order chi connectivity index (χ1) is 10.4. The zero-order chi connectivity index (χ0) is 14.1. The van der Waals surface area contributed by atoms with Gasteiger partial charge in [-0.2, -0.15) is 0 Å². The van der Waals surface area contributed by atoms with Gasteiger partial charge in [0.1, 0.15) is 5.82 Å². The largest absolute Gasteiger partial charge is 0.366 e. The van der Waals surface area contributed by atoms with Crippen LogP contribution in [0.3, 0.4) is 0 Å². The van der Waals surface area contributed by atoms with Gasteiger partial charge < -0.3 is 10.2 Å². The van der Waals surface area contributed by atoms with Gasteiger partial charge in [-0.3, -0.25) is 0 Å². The molecule has 0 bridgehead atoms. The Morgan fingerprint density at radius 1 is 0.952 bits per heavy atom. The maximum atomic E-state index is 5.06. The van der Waals surface area contributed by atoms with Gasteiger partial charge in [0.15, 0.2) is 0 Å². The van der Waals surface area contributed by atoms with E-state index < -0.39 is 0 Å². The molecule has 3 fully saturated rings. The van der Waals surface area contributed by atoms with Crippen LogP contribution in [-0.4, -0.2) is 36.1 Å². The Bertz CT molecular complexity index is 486. The molecule has 2 heterocycles. The Hall–Kier alpha value is -1.16. The van der Waals surface area contributed by atoms with Gasteiger partial charge in [-0.25, -0.2) is 9.97 Å². The summed E-state index contributed by atoms with van der Waals surface area (Å²) in [4.78, 5) is 12.3. The molecule has 1 saturated heterocycles. The minimum atomic E-state index is 0.619. The normalized spacial score (nSPS) is 24.3. The second-order valence-corrected chi connectivity index (χ2v) is 6.84. The first-order valence-corrected chi connectivity index (χ1v) is 8.74. The van der Waals surface area contributed by atoms with Crippen molar-refractivity contribution in [3.05, 3.63) is 17.7 Å². The van der Waals surface area contributed by atoms with Crippen LogP contribution in [0.15, 0.2) is 6.20 Å². The van der Waals surface area contributed by atoms with Crippen LogP contribution >= 0.6 is 0 Å². The molecule has 1 aliphatic heterocycles. The minimum absolute atomic E-state index is 0.619. The second kappa shape index (κ2) is 5.91. The zero-order valence-electron chi connectivity index (χ0n) is 12.9. The molecule has 0 aromatic carbocycles. The lowest BCUT2D eigenvalue weighted by molar-refractivity contribution is 0.427. The molecule has 0 amide bonds. The maximum Gasteiger partial charge on any atom is 0.131 e. The van der Waals surface area contributed by atoms with E-state index in [1.807, 2.05) is 0 Å². The lowest BCUT2D eigenvalue weighted by atomic mass is 9.88. The molecule has 1 N–H and O–H groups in total. The zero-order valence-corrected chi connectivity index (χ0v) is 12.9. The lowest BCUT2D eigenvalue weighted by Crippen LogP contribution is -2.44. The first-order valence-electron chi connectivity index (χ1n) is 8.74. The van der Waals surface area contributed by atoms with E-state index in [0.29, 0.717) is 11.8 Å². The van der Waals surface area contributed by atoms with Crippen molar-refractivity contribution in [3.8, 4) is 0 Å². The fourth-order valence-electron chi connectivity index (χ4n) is 3.77. The third-order valence-electron chi connectivity index (χ3n) is 5.21. The molecule has 4 heteroatoms. The number of rotatable bonds is 3. The van der Waals surface area contributed by atoms with E-state index in [2.05, 4.69) is 16.4 Å². The Morgan fingerprint density at radius 2 is 1.71 bits per heavy atom. The molecule has 2 aliphatic carbocycles. The summed E-state index contributed by atoms with van der Waals surface area (Å²) in [5, 5.41) is 3.43. The van der Waals surface area contributed by atoms with Gasteiger partial charge in [0.2, 0.25) is 0 Å². The van der Waals surface area contributed by atoms with Crippen molar-refractivity contribution in [2.45, 2.75) is 56.8 Å². The molecule has 114 valence electrons. The van der Waals surface area contributed by atoms with Gasteiger partial charge in [-0.1, -0.05) is 19.3 Å². The van der Waals surface area contributed by atoms with E-state index >= 15 is 0 Å². The highest BCUT2D eigenvalue weighted by molar-refractivity contribution is 5.52. The van der Waals surface area contributed by atoms with Gasteiger partial charge in [0, 0.05) is 38.0 Å². The summed E-state index contributed by atoms with van der Waals surface area (Å²) in [6, 6.07) is 0. The molecule has 0 unspecified atom stereocenters. The average molecular weight is 286 g/mol. The Balaban J connectivity index is 1.61. The fraction of sp³-hybridized carbons (Fsp3) is 0.765. The van der Waals surface area contributed by atoms with Crippen molar-refractivity contribution in [1.82, 2.24) is 15.3 Å². The lowest BCUT2D eigenvalue weighted by Gasteiger charge is -2.31. The van der Waals surface area contributed by atoms with Crippen LogP contribution in [0.25, 0.3) is 0 Å². The van der Waals surface area contributed by atoms with Crippen LogP contribution in [0.1, 0.15) is 68.3 Å². The molecule has 0 radical (unpaired) electrons. The summed E-state index contributed by atoms with van der Waals surface area (Å²) in [7, 11) is 0. The molecule has 2 saturated carbocycles. The number of piperazine rings is 1. The summed E-state index contributed by atoms with van der Waals surface area (Å²) in [5.41, 5.74) is 2.67. The molecule has 0 spiro atoms. The molecule has 1 aromatic heterocycles. The molecule has 4 rings (SSSR count). The van der Waals surface area contributed by atoms with Crippen molar-refractivity contribution < 1.29 is 0 Å². The van der Waals surface area contributed by atoms with E-state index in [-0.39, 0.29) is 0 Å². The van der Waals surface area contributed by atoms with Crippen molar-refractivity contribution in [2.75, 3.05) is 31.1 Å². The summed E-state index contributed by atoms with van der Waals surface area (Å²) < 4.78 is 0. The summed E-state index contributed by atoms with van der Waals surface area (Å²) >= 11 is 0. The molecule has 21 heavy (non-hydrogen) atoms. The van der Waals surface area contributed by atoms with Crippen LogP contribution in [0.5, 0.6) is 0 Å². The topological polar surface area (TPSA) is 41.1 Å². The highest BCUT2D eigenvalue weighted by atomic mass is 15.2. The van der Waals surface area contributed by atoms with Gasteiger partial charge in [0.05, 0.1) is 17.6 Å². The second-order valence-electron chi connectivity index (χ2n) is 6.84. The summed E-state index contributed by atoms with van der Waals surface area (Å²) in [5.74, 6) is 2.46. The van der Waals surface area contributed by atoms with Crippen LogP contribution in [-0.2, 0) is 0 Å². The predicted molar refractivity (Wildman–Crippen MR) is 84.9 cm³/mol. The number of anilines is 1. The smallest absolute Gasteiger partial charge is 0.131 e. The highest BCUT2D eigenvalue weighted by Crippen LogP contribution is 2.44. The van der Waals surface area contributed by atoms with Crippen LogP contribution in [0, 0.1) is 0 Å². The van der Waals surface area contributed by atoms with Crippen LogP contribution in [0.2, 0.25) is 0 Å². The van der Waals surface area contributed by atoms with Crippen molar-refractivity contribution in [3.63, 3.8) is 0 Å². The number of hydrogen-bond acceptors (Lipinski definition) is 4. The van der Waals surface area contributed by atoms with Gasteiger partial charge in [-0.05, 0) is 25.7 Å². The molecule has 3 aliphatic rings. The predicted octanol–water partition coefficient (Wildman–Crippen LogP) is 2.81. The molecule has 0 atom stereocenters. The Labute approximate surface area is 127 Å². The Morgan fingerprint density at radius 3 is 2.43 bits per heavy atom. The average Bonchev–Trinajstić information content (AvgIpc) is 3.41.